The van der Waals surface area contributed by atoms with Gasteiger partial charge in [-0.25, -0.2) is 13.5 Å². The zero-order valence-electron chi connectivity index (χ0n) is 15.7. The average Bonchev–Trinajstić information content (AvgIpc) is 3.05. The molecule has 3 aromatic carbocycles. The van der Waals surface area contributed by atoms with E-state index < -0.39 is 26.2 Å². The molecule has 2 heterocycles. The molecule has 2 aliphatic heterocycles. The summed E-state index contributed by atoms with van der Waals surface area (Å²) in [5, 5.41) is 1.78. The van der Waals surface area contributed by atoms with Gasteiger partial charge < -0.3 is 0 Å². The highest BCUT2D eigenvalue weighted by Crippen LogP contribution is 2.64. The van der Waals surface area contributed by atoms with Gasteiger partial charge in [-0.15, -0.1) is 0 Å². The molecule has 1 saturated heterocycles. The molecular formula is C23H21NO3S. The number of hydrogen-bond donors (Lipinski definition) is 0. The standard InChI is InChI=1S/C23H21NO3S/c1-22-19-15-9-10-16-20(19)28(25,26)23(22,2)21(17-11-5-3-6-12-17)24(27-22)18-13-7-4-8-14-18/h3-16,21H,1-2H3. The van der Waals surface area contributed by atoms with Crippen molar-refractivity contribution in [2.24, 2.45) is 0 Å². The largest absolute Gasteiger partial charge is 0.260 e. The van der Waals surface area contributed by atoms with E-state index in [0.717, 1.165) is 16.8 Å². The van der Waals surface area contributed by atoms with Crippen LogP contribution in [-0.4, -0.2) is 13.2 Å². The normalized spacial score (nSPS) is 30.1. The summed E-state index contributed by atoms with van der Waals surface area (Å²) < 4.78 is 26.5. The monoisotopic (exact) mass is 391 g/mol. The lowest BCUT2D eigenvalue weighted by Crippen LogP contribution is -2.48. The summed E-state index contributed by atoms with van der Waals surface area (Å²) in [5.41, 5.74) is 1.46. The molecule has 0 saturated carbocycles. The molecule has 2 aliphatic rings. The van der Waals surface area contributed by atoms with Crippen LogP contribution in [-0.2, 0) is 20.3 Å². The van der Waals surface area contributed by atoms with Crippen molar-refractivity contribution < 1.29 is 13.3 Å². The minimum absolute atomic E-state index is 0.369. The summed E-state index contributed by atoms with van der Waals surface area (Å²) in [5.74, 6) is 0. The maximum Gasteiger partial charge on any atom is 0.189 e. The predicted molar refractivity (Wildman–Crippen MR) is 109 cm³/mol. The number of anilines is 1. The summed E-state index contributed by atoms with van der Waals surface area (Å²) in [6, 6.07) is 26.2. The van der Waals surface area contributed by atoms with E-state index in [1.807, 2.05) is 86.6 Å². The zero-order chi connectivity index (χ0) is 19.6. The molecular weight excluding hydrogens is 370 g/mol. The third-order valence-electron chi connectivity index (χ3n) is 6.36. The summed E-state index contributed by atoms with van der Waals surface area (Å²) in [7, 11) is -3.65. The van der Waals surface area contributed by atoms with Crippen molar-refractivity contribution in [1.82, 2.24) is 0 Å². The van der Waals surface area contributed by atoms with Crippen LogP contribution in [0.1, 0.15) is 31.0 Å². The molecule has 0 aromatic heterocycles. The first-order valence-corrected chi connectivity index (χ1v) is 10.8. The number of sulfone groups is 1. The Bertz CT molecular complexity index is 1150. The van der Waals surface area contributed by atoms with Crippen LogP contribution in [0.15, 0.2) is 89.8 Å². The molecule has 0 N–H and O–H groups in total. The van der Waals surface area contributed by atoms with Gasteiger partial charge in [0, 0.05) is 5.56 Å². The van der Waals surface area contributed by atoms with Gasteiger partial charge in [0.15, 0.2) is 9.84 Å². The summed E-state index contributed by atoms with van der Waals surface area (Å²) >= 11 is 0. The minimum Gasteiger partial charge on any atom is -0.260 e. The summed E-state index contributed by atoms with van der Waals surface area (Å²) in [6.45, 7) is 3.72. The van der Waals surface area contributed by atoms with Crippen molar-refractivity contribution in [3.63, 3.8) is 0 Å². The topological polar surface area (TPSA) is 46.6 Å². The Morgan fingerprint density at radius 1 is 0.821 bits per heavy atom. The third kappa shape index (κ3) is 1.95. The molecule has 0 spiro atoms. The molecule has 28 heavy (non-hydrogen) atoms. The van der Waals surface area contributed by atoms with Gasteiger partial charge in [-0.05, 0) is 37.6 Å². The Labute approximate surface area is 165 Å². The van der Waals surface area contributed by atoms with Crippen LogP contribution in [0.3, 0.4) is 0 Å². The molecule has 0 bridgehead atoms. The molecule has 0 amide bonds. The van der Waals surface area contributed by atoms with Crippen LogP contribution in [0.2, 0.25) is 0 Å². The molecule has 142 valence electrons. The highest BCUT2D eigenvalue weighted by atomic mass is 32.2. The van der Waals surface area contributed by atoms with Gasteiger partial charge >= 0.3 is 0 Å². The van der Waals surface area contributed by atoms with Crippen LogP contribution in [0.25, 0.3) is 0 Å². The second kappa shape index (κ2) is 5.69. The van der Waals surface area contributed by atoms with Crippen LogP contribution >= 0.6 is 0 Å². The maximum absolute atomic E-state index is 13.8. The first-order chi connectivity index (χ1) is 13.4. The van der Waals surface area contributed by atoms with Crippen molar-refractivity contribution in [2.45, 2.75) is 35.1 Å². The molecule has 3 aromatic rings. The van der Waals surface area contributed by atoms with E-state index in [2.05, 4.69) is 0 Å². The van der Waals surface area contributed by atoms with E-state index in [0.29, 0.717) is 4.90 Å². The van der Waals surface area contributed by atoms with Crippen molar-refractivity contribution in [3.8, 4) is 0 Å². The second-order valence-electron chi connectivity index (χ2n) is 7.71. The highest BCUT2D eigenvalue weighted by molar-refractivity contribution is 7.93. The average molecular weight is 391 g/mol. The molecule has 0 aliphatic carbocycles. The fraction of sp³-hybridized carbons (Fsp3) is 0.217. The van der Waals surface area contributed by atoms with Gasteiger partial charge in [-0.2, -0.15) is 0 Å². The van der Waals surface area contributed by atoms with E-state index in [9.17, 15) is 8.42 Å². The maximum atomic E-state index is 13.8. The number of hydroxylamine groups is 1. The Morgan fingerprint density at radius 2 is 1.39 bits per heavy atom. The lowest BCUT2D eigenvalue weighted by molar-refractivity contribution is -0.0133. The molecule has 0 radical (unpaired) electrons. The number of para-hydroxylation sites is 1. The number of rotatable bonds is 2. The lowest BCUT2D eigenvalue weighted by Gasteiger charge is -2.34. The van der Waals surface area contributed by atoms with Crippen molar-refractivity contribution >= 4 is 15.5 Å². The van der Waals surface area contributed by atoms with E-state index in [4.69, 9.17) is 4.84 Å². The van der Waals surface area contributed by atoms with Crippen molar-refractivity contribution in [1.29, 1.82) is 0 Å². The number of hydrogen-bond acceptors (Lipinski definition) is 4. The number of fused-ring (bicyclic) bond motifs is 3. The fourth-order valence-corrected chi connectivity index (χ4v) is 7.19. The quantitative estimate of drug-likeness (QED) is 0.638. The van der Waals surface area contributed by atoms with Gasteiger partial charge in [0.05, 0.1) is 10.6 Å². The smallest absolute Gasteiger partial charge is 0.189 e. The van der Waals surface area contributed by atoms with Gasteiger partial charge in [0.2, 0.25) is 0 Å². The highest BCUT2D eigenvalue weighted by Gasteiger charge is 2.73. The van der Waals surface area contributed by atoms with Gasteiger partial charge in [0.25, 0.3) is 0 Å². The molecule has 1 fully saturated rings. The minimum atomic E-state index is -3.65. The number of nitrogens with zero attached hydrogens (tertiary/aromatic N) is 1. The van der Waals surface area contributed by atoms with E-state index in [-0.39, 0.29) is 0 Å². The third-order valence-corrected chi connectivity index (χ3v) is 9.02. The van der Waals surface area contributed by atoms with Crippen LogP contribution < -0.4 is 5.06 Å². The van der Waals surface area contributed by atoms with Gasteiger partial charge in [0.1, 0.15) is 16.4 Å². The summed E-state index contributed by atoms with van der Waals surface area (Å²) in [6.07, 6.45) is 0. The molecule has 5 rings (SSSR count). The zero-order valence-corrected chi connectivity index (χ0v) is 16.6. The summed E-state index contributed by atoms with van der Waals surface area (Å²) in [4.78, 5) is 6.91. The lowest BCUT2D eigenvalue weighted by atomic mass is 9.78. The van der Waals surface area contributed by atoms with Crippen LogP contribution in [0, 0.1) is 0 Å². The predicted octanol–water partition coefficient (Wildman–Crippen LogP) is 4.64. The first-order valence-electron chi connectivity index (χ1n) is 9.34. The fourth-order valence-electron chi connectivity index (χ4n) is 4.73. The SMILES string of the molecule is CC12ON(c3ccccc3)C(c3ccccc3)C1(C)S(=O)(=O)c1ccccc12. The van der Waals surface area contributed by atoms with E-state index in [1.54, 1.807) is 17.2 Å². The van der Waals surface area contributed by atoms with Crippen LogP contribution in [0.5, 0.6) is 0 Å². The van der Waals surface area contributed by atoms with Crippen LogP contribution in [0.4, 0.5) is 5.69 Å². The first kappa shape index (κ1) is 17.5. The Kier molecular flexibility index (Phi) is 3.55. The number of benzene rings is 3. The Morgan fingerprint density at radius 3 is 2.07 bits per heavy atom. The van der Waals surface area contributed by atoms with Gasteiger partial charge in [-0.3, -0.25) is 4.84 Å². The van der Waals surface area contributed by atoms with E-state index in [1.165, 1.54) is 0 Å². The second-order valence-corrected chi connectivity index (χ2v) is 10.0. The molecule has 4 nitrogen and oxygen atoms in total. The Balaban J connectivity index is 1.82. The molecule has 3 unspecified atom stereocenters. The molecule has 3 atom stereocenters. The van der Waals surface area contributed by atoms with Crippen molar-refractivity contribution in [2.75, 3.05) is 5.06 Å². The Hall–Kier alpha value is -2.63. The molecule has 5 heteroatoms. The van der Waals surface area contributed by atoms with Crippen molar-refractivity contribution in [3.05, 3.63) is 96.1 Å². The van der Waals surface area contributed by atoms with Gasteiger partial charge in [-0.1, -0.05) is 66.7 Å². The van der Waals surface area contributed by atoms with E-state index >= 15 is 0 Å².